The first-order valence-corrected chi connectivity index (χ1v) is 13.0. The Kier molecular flexibility index (Phi) is 7.85. The van der Waals surface area contributed by atoms with Crippen LogP contribution in [0.4, 0.5) is 0 Å². The van der Waals surface area contributed by atoms with Gasteiger partial charge in [-0.1, -0.05) is 48.5 Å². The van der Waals surface area contributed by atoms with Crippen molar-refractivity contribution < 1.29 is 19.0 Å². The number of hydrogen-bond donors (Lipinski definition) is 1. The molecule has 3 aromatic carbocycles. The minimum absolute atomic E-state index is 0.0556. The number of ether oxygens (including phenoxy) is 3. The molecule has 36 heavy (non-hydrogen) atoms. The van der Waals surface area contributed by atoms with Gasteiger partial charge in [0.05, 0.1) is 26.9 Å². The monoisotopic (exact) mass is 488 g/mol. The second-order valence-electron chi connectivity index (χ2n) is 9.77. The summed E-state index contributed by atoms with van der Waals surface area (Å²) in [5.74, 6) is 1.13. The van der Waals surface area contributed by atoms with Gasteiger partial charge in [0.2, 0.25) is 5.91 Å². The Morgan fingerprint density at radius 3 is 2.67 bits per heavy atom. The third kappa shape index (κ3) is 5.41. The van der Waals surface area contributed by atoms with E-state index in [1.807, 2.05) is 6.07 Å². The molecule has 0 bridgehead atoms. The first-order chi connectivity index (χ1) is 17.7. The van der Waals surface area contributed by atoms with E-state index < -0.39 is 0 Å². The van der Waals surface area contributed by atoms with Crippen LogP contribution in [0.3, 0.4) is 0 Å². The molecule has 2 aliphatic rings. The number of benzene rings is 3. The average molecular weight is 489 g/mol. The van der Waals surface area contributed by atoms with E-state index in [0.29, 0.717) is 25.8 Å². The van der Waals surface area contributed by atoms with Crippen LogP contribution in [-0.4, -0.2) is 57.6 Å². The van der Waals surface area contributed by atoms with Crippen molar-refractivity contribution in [3.63, 3.8) is 0 Å². The molecule has 1 saturated heterocycles. The fraction of sp³-hybridized carbons (Fsp3) is 0.433. The second kappa shape index (κ2) is 11.4. The number of nitrogens with zero attached hydrogens (tertiary/aromatic N) is 1. The summed E-state index contributed by atoms with van der Waals surface area (Å²) in [6.45, 7) is 2.54. The smallest absolute Gasteiger partial charge is 0.233 e. The minimum atomic E-state index is -0.200. The molecule has 1 N–H and O–H groups in total. The Labute approximate surface area is 213 Å². The maximum Gasteiger partial charge on any atom is 0.233 e. The van der Waals surface area contributed by atoms with Crippen molar-refractivity contribution in [2.75, 3.05) is 40.5 Å². The van der Waals surface area contributed by atoms with Crippen LogP contribution in [0.5, 0.6) is 5.75 Å². The summed E-state index contributed by atoms with van der Waals surface area (Å²) < 4.78 is 17.7. The van der Waals surface area contributed by atoms with Gasteiger partial charge >= 0.3 is 0 Å². The van der Waals surface area contributed by atoms with Gasteiger partial charge in [-0.15, -0.1) is 0 Å². The number of methoxy groups -OCH3 is 1. The standard InChI is InChI=1S/C30H36N2O4/c1-31-29(33)18-32(28-15-12-21-7-3-4-9-27(21)28)16-6-11-30-35-19-23(20-36-30)25-10-5-8-22-17-24(34-2)13-14-26(22)25/h3-5,7-10,13-14,17,23,28,30H,6,11-12,15-16,18-20H2,1-2H3,(H,31,33). The molecule has 0 radical (unpaired) electrons. The molecule has 3 aromatic rings. The van der Waals surface area contributed by atoms with E-state index >= 15 is 0 Å². The number of aryl methyl sites for hydroxylation is 1. The molecule has 1 fully saturated rings. The van der Waals surface area contributed by atoms with Crippen molar-refractivity contribution >= 4 is 16.7 Å². The van der Waals surface area contributed by atoms with E-state index in [2.05, 4.69) is 64.8 Å². The molecule has 0 saturated carbocycles. The van der Waals surface area contributed by atoms with E-state index in [1.165, 1.54) is 27.5 Å². The van der Waals surface area contributed by atoms with Gasteiger partial charge in [0.25, 0.3) is 0 Å². The highest BCUT2D eigenvalue weighted by Crippen LogP contribution is 2.36. The maximum absolute atomic E-state index is 12.2. The first-order valence-electron chi connectivity index (χ1n) is 13.0. The average Bonchev–Trinajstić information content (AvgIpc) is 3.36. The fourth-order valence-electron chi connectivity index (χ4n) is 5.64. The van der Waals surface area contributed by atoms with Crippen LogP contribution in [0.25, 0.3) is 10.8 Å². The Bertz CT molecular complexity index is 1190. The summed E-state index contributed by atoms with van der Waals surface area (Å²) in [7, 11) is 3.40. The predicted molar refractivity (Wildman–Crippen MR) is 141 cm³/mol. The Morgan fingerprint density at radius 2 is 1.86 bits per heavy atom. The normalized spacial score (nSPS) is 21.5. The van der Waals surface area contributed by atoms with Gasteiger partial charge in [-0.25, -0.2) is 0 Å². The van der Waals surface area contributed by atoms with Crippen LogP contribution >= 0.6 is 0 Å². The topological polar surface area (TPSA) is 60.0 Å². The molecule has 1 aliphatic heterocycles. The van der Waals surface area contributed by atoms with Gasteiger partial charge in [-0.3, -0.25) is 9.69 Å². The summed E-state index contributed by atoms with van der Waals surface area (Å²) in [4.78, 5) is 14.6. The third-order valence-corrected chi connectivity index (χ3v) is 7.58. The molecular weight excluding hydrogens is 452 g/mol. The molecule has 5 rings (SSSR count). The highest BCUT2D eigenvalue weighted by atomic mass is 16.7. The van der Waals surface area contributed by atoms with Crippen molar-refractivity contribution in [1.29, 1.82) is 0 Å². The van der Waals surface area contributed by atoms with Gasteiger partial charge in [0.15, 0.2) is 6.29 Å². The van der Waals surface area contributed by atoms with E-state index in [9.17, 15) is 4.79 Å². The zero-order valence-electron chi connectivity index (χ0n) is 21.2. The lowest BCUT2D eigenvalue weighted by Gasteiger charge is -2.32. The zero-order valence-corrected chi connectivity index (χ0v) is 21.2. The molecule has 6 heteroatoms. The van der Waals surface area contributed by atoms with Crippen LogP contribution in [-0.2, 0) is 20.7 Å². The Balaban J connectivity index is 1.16. The number of amides is 1. The lowest BCUT2D eigenvalue weighted by Crippen LogP contribution is -2.38. The third-order valence-electron chi connectivity index (χ3n) is 7.58. The Morgan fingerprint density at radius 1 is 1.06 bits per heavy atom. The van der Waals surface area contributed by atoms with E-state index in [-0.39, 0.29) is 18.1 Å². The molecule has 1 unspecified atom stereocenters. The molecule has 1 amide bonds. The summed E-state index contributed by atoms with van der Waals surface area (Å²) >= 11 is 0. The van der Waals surface area contributed by atoms with Gasteiger partial charge in [-0.05, 0) is 71.8 Å². The van der Waals surface area contributed by atoms with E-state index in [4.69, 9.17) is 14.2 Å². The highest BCUT2D eigenvalue weighted by Gasteiger charge is 2.29. The number of rotatable bonds is 9. The molecule has 0 spiro atoms. The van der Waals surface area contributed by atoms with Gasteiger partial charge in [-0.2, -0.15) is 0 Å². The Hall–Kier alpha value is -2.93. The number of fused-ring (bicyclic) bond motifs is 2. The first kappa shape index (κ1) is 24.8. The summed E-state index contributed by atoms with van der Waals surface area (Å²) in [6.07, 6.45) is 3.67. The lowest BCUT2D eigenvalue weighted by molar-refractivity contribution is -0.190. The summed E-state index contributed by atoms with van der Waals surface area (Å²) in [6, 6.07) is 21.5. The van der Waals surface area contributed by atoms with Crippen molar-refractivity contribution in [2.45, 2.75) is 43.9 Å². The zero-order chi connectivity index (χ0) is 24.9. The molecule has 6 nitrogen and oxygen atoms in total. The number of carbonyl (C=O) groups is 1. The van der Waals surface area contributed by atoms with Crippen LogP contribution in [0, 0.1) is 0 Å². The molecule has 0 aromatic heterocycles. The summed E-state index contributed by atoms with van der Waals surface area (Å²) in [5.41, 5.74) is 4.02. The van der Waals surface area contributed by atoms with Crippen molar-refractivity contribution in [3.05, 3.63) is 77.4 Å². The largest absolute Gasteiger partial charge is 0.497 e. The number of nitrogens with one attached hydrogen (secondary N) is 1. The van der Waals surface area contributed by atoms with Gasteiger partial charge in [0, 0.05) is 19.0 Å². The number of carbonyl (C=O) groups excluding carboxylic acids is 1. The van der Waals surface area contributed by atoms with E-state index in [0.717, 1.165) is 38.0 Å². The van der Waals surface area contributed by atoms with E-state index in [1.54, 1.807) is 14.2 Å². The van der Waals surface area contributed by atoms with Crippen LogP contribution < -0.4 is 10.1 Å². The second-order valence-corrected chi connectivity index (χ2v) is 9.77. The van der Waals surface area contributed by atoms with Crippen LogP contribution in [0.1, 0.15) is 47.9 Å². The molecule has 1 atom stereocenters. The minimum Gasteiger partial charge on any atom is -0.497 e. The van der Waals surface area contributed by atoms with Crippen LogP contribution in [0.2, 0.25) is 0 Å². The van der Waals surface area contributed by atoms with Crippen molar-refractivity contribution in [1.82, 2.24) is 10.2 Å². The highest BCUT2D eigenvalue weighted by molar-refractivity contribution is 5.87. The maximum atomic E-state index is 12.2. The van der Waals surface area contributed by atoms with Gasteiger partial charge in [0.1, 0.15) is 5.75 Å². The van der Waals surface area contributed by atoms with Gasteiger partial charge < -0.3 is 19.5 Å². The lowest BCUT2D eigenvalue weighted by atomic mass is 9.94. The number of hydrogen-bond acceptors (Lipinski definition) is 5. The van der Waals surface area contributed by atoms with Crippen LogP contribution in [0.15, 0.2) is 60.7 Å². The predicted octanol–water partition coefficient (Wildman–Crippen LogP) is 4.82. The SMILES string of the molecule is CNC(=O)CN(CCCC1OCC(c2cccc3cc(OC)ccc23)CO1)C1CCc2ccccc21. The van der Waals surface area contributed by atoms with Crippen molar-refractivity contribution in [2.24, 2.45) is 0 Å². The fourth-order valence-corrected chi connectivity index (χ4v) is 5.64. The van der Waals surface area contributed by atoms with Crippen molar-refractivity contribution in [3.8, 4) is 5.75 Å². The quantitative estimate of drug-likeness (QED) is 0.468. The molecule has 1 aliphatic carbocycles. The molecule has 190 valence electrons. The summed E-state index contributed by atoms with van der Waals surface area (Å²) in [5, 5.41) is 5.17. The number of likely N-dealkylation sites (N-methyl/N-ethyl adjacent to an activating group) is 1. The molecule has 1 heterocycles. The molecular formula is C30H36N2O4.